The molecule has 3 N–H and O–H groups in total. The number of nitrogens with zero attached hydrogens (tertiary/aromatic N) is 1. The minimum atomic E-state index is -3.72. The lowest BCUT2D eigenvalue weighted by Gasteiger charge is -2.27. The van der Waals surface area contributed by atoms with Gasteiger partial charge in [0.05, 0.1) is 23.2 Å². The maximum absolute atomic E-state index is 13.2. The Morgan fingerprint density at radius 1 is 1.10 bits per heavy atom. The summed E-state index contributed by atoms with van der Waals surface area (Å²) in [6.07, 6.45) is 5.53. The van der Waals surface area contributed by atoms with Gasteiger partial charge in [-0.2, -0.15) is 0 Å². The van der Waals surface area contributed by atoms with E-state index < -0.39 is 50.6 Å². The van der Waals surface area contributed by atoms with Crippen molar-refractivity contribution in [3.8, 4) is 0 Å². The Labute approximate surface area is 183 Å². The fraction of sp³-hybridized carbons (Fsp3) is 0.857. The number of aliphatic hydroxyl groups excluding tert-OH is 1. The van der Waals surface area contributed by atoms with E-state index in [0.29, 0.717) is 25.8 Å². The average Bonchev–Trinajstić information content (AvgIpc) is 3.61. The number of carbonyl (C=O) groups is 3. The van der Waals surface area contributed by atoms with E-state index >= 15 is 0 Å². The normalized spacial score (nSPS) is 37.3. The molecule has 3 amide bonds. The predicted molar refractivity (Wildman–Crippen MR) is 112 cm³/mol. The highest BCUT2D eigenvalue weighted by Crippen LogP contribution is 2.48. The number of sulfonamides is 1. The zero-order valence-corrected chi connectivity index (χ0v) is 18.8. The number of carbonyl (C=O) groups excluding carboxylic acids is 3. The van der Waals surface area contributed by atoms with Crippen LogP contribution in [0, 0.1) is 17.8 Å². The van der Waals surface area contributed by atoms with Crippen molar-refractivity contribution in [1.29, 1.82) is 0 Å². The fourth-order valence-electron chi connectivity index (χ4n) is 5.22. The third kappa shape index (κ3) is 4.60. The molecule has 0 bridgehead atoms. The average molecular weight is 456 g/mol. The van der Waals surface area contributed by atoms with Crippen molar-refractivity contribution >= 4 is 27.7 Å². The smallest absolute Gasteiger partial charge is 0.259 e. The number of hydrogen-bond acceptors (Lipinski definition) is 6. The topological polar surface area (TPSA) is 133 Å². The van der Waals surface area contributed by atoms with Crippen molar-refractivity contribution in [3.05, 3.63) is 0 Å². The van der Waals surface area contributed by atoms with E-state index in [9.17, 15) is 27.9 Å². The van der Waals surface area contributed by atoms with Crippen LogP contribution in [0.25, 0.3) is 0 Å². The molecule has 0 aromatic heterocycles. The lowest BCUT2D eigenvalue weighted by Crippen LogP contribution is -2.54. The van der Waals surface area contributed by atoms with Crippen LogP contribution < -0.4 is 10.0 Å². The molecule has 4 rings (SSSR count). The maximum Gasteiger partial charge on any atom is 0.259 e. The van der Waals surface area contributed by atoms with Gasteiger partial charge in [0.15, 0.2) is 0 Å². The summed E-state index contributed by atoms with van der Waals surface area (Å²) in [4.78, 5) is 40.8. The lowest BCUT2D eigenvalue weighted by atomic mass is 9.92. The van der Waals surface area contributed by atoms with Gasteiger partial charge in [-0.25, -0.2) is 8.42 Å². The molecule has 1 heterocycles. The molecule has 0 aromatic rings. The first-order valence-corrected chi connectivity index (χ1v) is 13.0. The number of amides is 3. The molecule has 1 saturated heterocycles. The summed E-state index contributed by atoms with van der Waals surface area (Å²) in [7, 11) is -1.99. The molecule has 0 aromatic carbocycles. The molecule has 0 spiro atoms. The summed E-state index contributed by atoms with van der Waals surface area (Å²) < 4.78 is 26.9. The Kier molecular flexibility index (Phi) is 6.06. The molecule has 1 aliphatic heterocycles. The van der Waals surface area contributed by atoms with Crippen LogP contribution >= 0.6 is 0 Å². The van der Waals surface area contributed by atoms with Crippen LogP contribution in [0.2, 0.25) is 0 Å². The summed E-state index contributed by atoms with van der Waals surface area (Å²) in [5, 5.41) is 12.5. The minimum absolute atomic E-state index is 0.114. The van der Waals surface area contributed by atoms with E-state index in [-0.39, 0.29) is 24.7 Å². The fourth-order valence-corrected chi connectivity index (χ4v) is 6.58. The lowest BCUT2D eigenvalue weighted by molar-refractivity contribution is -0.140. The Bertz CT molecular complexity index is 857. The molecular formula is C21H33N3O6S. The second-order valence-electron chi connectivity index (χ2n) is 9.84. The monoisotopic (exact) mass is 455 g/mol. The molecule has 10 heteroatoms. The highest BCUT2D eigenvalue weighted by Gasteiger charge is 2.62. The SMILES string of the molecule is CN1CCCCCC[C@@H]2C[C@@]2(C(=O)NS(=O)(=O)C2CC2)NC(=O)[C@@H]2C[C@H](O)C[C@H]2C1=O. The largest absolute Gasteiger partial charge is 0.393 e. The molecule has 0 unspecified atom stereocenters. The molecule has 5 atom stereocenters. The summed E-state index contributed by atoms with van der Waals surface area (Å²) in [5.74, 6) is -2.73. The van der Waals surface area contributed by atoms with Gasteiger partial charge in [0, 0.05) is 13.6 Å². The Morgan fingerprint density at radius 3 is 2.48 bits per heavy atom. The van der Waals surface area contributed by atoms with Crippen molar-refractivity contribution in [1.82, 2.24) is 14.9 Å². The number of fused-ring (bicyclic) bond motifs is 2. The molecule has 31 heavy (non-hydrogen) atoms. The first kappa shape index (κ1) is 22.5. The zero-order chi connectivity index (χ0) is 22.4. The summed E-state index contributed by atoms with van der Waals surface area (Å²) in [6, 6.07) is 0. The minimum Gasteiger partial charge on any atom is -0.393 e. The molecule has 3 aliphatic carbocycles. The van der Waals surface area contributed by atoms with Crippen LogP contribution in [0.3, 0.4) is 0 Å². The number of rotatable bonds is 3. The van der Waals surface area contributed by atoms with Gasteiger partial charge in [-0.1, -0.05) is 19.3 Å². The quantitative estimate of drug-likeness (QED) is 0.560. The van der Waals surface area contributed by atoms with E-state index in [0.717, 1.165) is 32.1 Å². The number of aliphatic hydroxyl groups is 1. The Hall–Kier alpha value is -1.68. The van der Waals surface area contributed by atoms with Gasteiger partial charge in [0.2, 0.25) is 21.8 Å². The molecule has 4 fully saturated rings. The van der Waals surface area contributed by atoms with Crippen molar-refractivity contribution in [2.24, 2.45) is 17.8 Å². The molecular weight excluding hydrogens is 422 g/mol. The predicted octanol–water partition coefficient (Wildman–Crippen LogP) is 0.279. The van der Waals surface area contributed by atoms with Gasteiger partial charge >= 0.3 is 0 Å². The number of hydrogen-bond donors (Lipinski definition) is 3. The first-order valence-electron chi connectivity index (χ1n) is 11.4. The second kappa shape index (κ2) is 8.35. The van der Waals surface area contributed by atoms with Gasteiger partial charge in [0.1, 0.15) is 5.54 Å². The second-order valence-corrected chi connectivity index (χ2v) is 11.8. The maximum atomic E-state index is 13.2. The third-order valence-corrected chi connectivity index (χ3v) is 9.24. The van der Waals surface area contributed by atoms with E-state index in [1.165, 1.54) is 0 Å². The van der Waals surface area contributed by atoms with Crippen molar-refractivity contribution in [2.45, 2.75) is 81.1 Å². The van der Waals surface area contributed by atoms with Gasteiger partial charge in [-0.05, 0) is 50.9 Å². The van der Waals surface area contributed by atoms with E-state index in [2.05, 4.69) is 10.0 Å². The first-order chi connectivity index (χ1) is 14.6. The Balaban J connectivity index is 1.55. The van der Waals surface area contributed by atoms with Gasteiger partial charge in [-0.3, -0.25) is 19.1 Å². The number of nitrogens with one attached hydrogen (secondary N) is 2. The molecule has 9 nitrogen and oxygen atoms in total. The van der Waals surface area contributed by atoms with Crippen molar-refractivity contribution in [3.63, 3.8) is 0 Å². The summed E-state index contributed by atoms with van der Waals surface area (Å²) in [6.45, 7) is 0.620. The summed E-state index contributed by atoms with van der Waals surface area (Å²) >= 11 is 0. The molecule has 0 radical (unpaired) electrons. The van der Waals surface area contributed by atoms with Crippen LogP contribution in [0.15, 0.2) is 0 Å². The molecule has 3 saturated carbocycles. The Morgan fingerprint density at radius 2 is 1.77 bits per heavy atom. The van der Waals surface area contributed by atoms with Gasteiger partial charge in [0.25, 0.3) is 5.91 Å². The van der Waals surface area contributed by atoms with Crippen LogP contribution in [0.1, 0.15) is 64.2 Å². The highest BCUT2D eigenvalue weighted by atomic mass is 32.2. The van der Waals surface area contributed by atoms with E-state index in [1.54, 1.807) is 11.9 Å². The van der Waals surface area contributed by atoms with Crippen LogP contribution in [-0.2, 0) is 24.4 Å². The van der Waals surface area contributed by atoms with Crippen LogP contribution in [-0.4, -0.2) is 66.6 Å². The van der Waals surface area contributed by atoms with Crippen molar-refractivity contribution < 1.29 is 27.9 Å². The van der Waals surface area contributed by atoms with Crippen LogP contribution in [0.5, 0.6) is 0 Å². The van der Waals surface area contributed by atoms with Crippen molar-refractivity contribution in [2.75, 3.05) is 13.6 Å². The summed E-state index contributed by atoms with van der Waals surface area (Å²) in [5.41, 5.74) is -1.24. The van der Waals surface area contributed by atoms with Crippen LogP contribution in [0.4, 0.5) is 0 Å². The standard InChI is InChI=1S/C21H33N3O6S/c1-24-9-5-3-2-4-6-13-12-21(13,20(28)23-31(29,30)15-7-8-15)22-18(26)16-10-14(25)11-17(16)19(24)27/h13-17,25H,2-12H2,1H3,(H,22,26)(H,23,28)/t13-,14+,16-,17-,21-/m1/s1. The van der Waals surface area contributed by atoms with Gasteiger partial charge in [-0.15, -0.1) is 0 Å². The van der Waals surface area contributed by atoms with E-state index in [4.69, 9.17) is 0 Å². The highest BCUT2D eigenvalue weighted by molar-refractivity contribution is 7.91. The molecule has 4 aliphatic rings. The molecule has 174 valence electrons. The van der Waals surface area contributed by atoms with E-state index in [1.807, 2.05) is 0 Å². The third-order valence-electron chi connectivity index (χ3n) is 7.42. The van der Waals surface area contributed by atoms with Gasteiger partial charge < -0.3 is 15.3 Å². The zero-order valence-electron chi connectivity index (χ0n) is 18.0.